The van der Waals surface area contributed by atoms with E-state index in [4.69, 9.17) is 0 Å². The molecule has 12 rings (SSSR count). The Morgan fingerprint density at radius 1 is 0.328 bits per heavy atom. The highest BCUT2D eigenvalue weighted by atomic mass is 32.1. The van der Waals surface area contributed by atoms with Crippen LogP contribution in [0.15, 0.2) is 206 Å². The molecule has 0 atom stereocenters. The lowest BCUT2D eigenvalue weighted by molar-refractivity contribution is 1.18. The fraction of sp³-hybridized carbons (Fsp3) is 0. The first kappa shape index (κ1) is 33.2. The van der Waals surface area contributed by atoms with Crippen LogP contribution in [0.4, 0.5) is 17.1 Å². The van der Waals surface area contributed by atoms with Crippen LogP contribution < -0.4 is 4.90 Å². The second-order valence-corrected chi connectivity index (χ2v) is 17.1. The first-order chi connectivity index (χ1) is 28.7. The Labute approximate surface area is 343 Å². The second-order valence-electron chi connectivity index (χ2n) is 14.9. The van der Waals surface area contributed by atoms with Crippen LogP contribution >= 0.6 is 22.7 Å². The lowest BCUT2D eigenvalue weighted by Crippen LogP contribution is -2.11. The molecular formula is C54H34N2S2. The van der Waals surface area contributed by atoms with Crippen LogP contribution in [0, 0.1) is 0 Å². The average Bonchev–Trinajstić information content (AvgIpc) is 3.96. The van der Waals surface area contributed by atoms with Gasteiger partial charge in [0.2, 0.25) is 0 Å². The van der Waals surface area contributed by atoms with Crippen molar-refractivity contribution in [1.29, 1.82) is 0 Å². The smallest absolute Gasteiger partial charge is 0.0562 e. The van der Waals surface area contributed by atoms with E-state index >= 15 is 0 Å². The van der Waals surface area contributed by atoms with E-state index in [2.05, 4.69) is 216 Å². The molecule has 0 saturated carbocycles. The molecule has 0 amide bonds. The van der Waals surface area contributed by atoms with Crippen LogP contribution in [-0.4, -0.2) is 4.57 Å². The molecule has 0 spiro atoms. The van der Waals surface area contributed by atoms with E-state index in [-0.39, 0.29) is 0 Å². The summed E-state index contributed by atoms with van der Waals surface area (Å²) < 4.78 is 7.63. The van der Waals surface area contributed by atoms with Crippen LogP contribution in [0.5, 0.6) is 0 Å². The molecule has 0 fully saturated rings. The molecule has 12 aromatic rings. The molecule has 0 saturated heterocycles. The maximum Gasteiger partial charge on any atom is 0.0562 e. The number of para-hydroxylation sites is 2. The summed E-state index contributed by atoms with van der Waals surface area (Å²) in [5.41, 5.74) is 11.6. The number of nitrogens with zero attached hydrogens (tertiary/aromatic N) is 2. The van der Waals surface area contributed by atoms with Crippen molar-refractivity contribution in [3.05, 3.63) is 206 Å². The molecule has 3 aromatic heterocycles. The summed E-state index contributed by atoms with van der Waals surface area (Å²) in [4.78, 5) is 2.48. The van der Waals surface area contributed by atoms with Gasteiger partial charge in [-0.15, -0.1) is 22.7 Å². The third kappa shape index (κ3) is 5.30. The molecule has 58 heavy (non-hydrogen) atoms. The van der Waals surface area contributed by atoms with Gasteiger partial charge >= 0.3 is 0 Å². The molecule has 2 nitrogen and oxygen atoms in total. The Balaban J connectivity index is 1.18. The number of anilines is 3. The molecule has 0 N–H and O–H groups in total. The van der Waals surface area contributed by atoms with Crippen molar-refractivity contribution in [2.24, 2.45) is 0 Å². The topological polar surface area (TPSA) is 8.17 Å². The summed E-state index contributed by atoms with van der Waals surface area (Å²) in [6.07, 6.45) is 0. The van der Waals surface area contributed by atoms with Crippen molar-refractivity contribution < 1.29 is 0 Å². The molecule has 0 aliphatic heterocycles. The molecule has 0 unspecified atom stereocenters. The summed E-state index contributed by atoms with van der Waals surface area (Å²) in [6, 6.07) is 75.9. The lowest BCUT2D eigenvalue weighted by Gasteiger charge is -2.29. The van der Waals surface area contributed by atoms with Gasteiger partial charge in [0, 0.05) is 73.7 Å². The van der Waals surface area contributed by atoms with E-state index in [1.807, 2.05) is 22.7 Å². The van der Waals surface area contributed by atoms with Crippen molar-refractivity contribution >= 4 is 102 Å². The first-order valence-electron chi connectivity index (χ1n) is 19.7. The molecule has 4 heteroatoms. The zero-order chi connectivity index (χ0) is 38.2. The van der Waals surface area contributed by atoms with Crippen molar-refractivity contribution in [2.75, 3.05) is 4.90 Å². The Kier molecular flexibility index (Phi) is 7.62. The predicted molar refractivity (Wildman–Crippen MR) is 252 cm³/mol. The quantitative estimate of drug-likeness (QED) is 0.163. The van der Waals surface area contributed by atoms with Crippen LogP contribution in [0.25, 0.3) is 90.1 Å². The molecule has 0 aliphatic carbocycles. The van der Waals surface area contributed by atoms with Gasteiger partial charge in [0.1, 0.15) is 0 Å². The Bertz CT molecular complexity index is 3500. The van der Waals surface area contributed by atoms with Gasteiger partial charge in [-0.1, -0.05) is 127 Å². The fourth-order valence-electron chi connectivity index (χ4n) is 8.88. The highest BCUT2D eigenvalue weighted by Gasteiger charge is 2.23. The summed E-state index contributed by atoms with van der Waals surface area (Å²) in [5.74, 6) is 0. The minimum atomic E-state index is 1.10. The Morgan fingerprint density at radius 3 is 1.67 bits per heavy atom. The minimum absolute atomic E-state index is 1.10. The third-order valence-electron chi connectivity index (χ3n) is 11.6. The molecular weight excluding hydrogens is 741 g/mol. The molecule has 0 bridgehead atoms. The van der Waals surface area contributed by atoms with E-state index in [1.54, 1.807) is 0 Å². The van der Waals surface area contributed by atoms with Crippen LogP contribution in [-0.2, 0) is 0 Å². The highest BCUT2D eigenvalue weighted by molar-refractivity contribution is 7.26. The van der Waals surface area contributed by atoms with Crippen LogP contribution in [0.1, 0.15) is 0 Å². The SMILES string of the molecule is c1ccc(-c2ccc(N(c3ccc4c(c3)sc3ccccc34)c3cc4c(cc3-c3ccc5sc6ccccc6c5c3)c3ccccc3n4-c3ccccc3)cc2)cc1. The maximum atomic E-state index is 2.48. The first-order valence-corrected chi connectivity index (χ1v) is 21.3. The number of benzene rings is 9. The highest BCUT2D eigenvalue weighted by Crippen LogP contribution is 2.48. The average molecular weight is 775 g/mol. The van der Waals surface area contributed by atoms with Gasteiger partial charge in [-0.25, -0.2) is 0 Å². The fourth-order valence-corrected chi connectivity index (χ4v) is 11.1. The van der Waals surface area contributed by atoms with Gasteiger partial charge in [-0.3, -0.25) is 0 Å². The van der Waals surface area contributed by atoms with E-state index in [0.717, 1.165) is 22.7 Å². The van der Waals surface area contributed by atoms with Gasteiger partial charge in [-0.05, 0) is 95.6 Å². The molecule has 272 valence electrons. The maximum absolute atomic E-state index is 2.48. The zero-order valence-corrected chi connectivity index (χ0v) is 33.0. The van der Waals surface area contributed by atoms with E-state index in [0.29, 0.717) is 0 Å². The minimum Gasteiger partial charge on any atom is -0.310 e. The van der Waals surface area contributed by atoms with E-state index in [9.17, 15) is 0 Å². The van der Waals surface area contributed by atoms with Crippen molar-refractivity contribution in [2.45, 2.75) is 0 Å². The monoisotopic (exact) mass is 774 g/mol. The van der Waals surface area contributed by atoms with Gasteiger partial charge in [-0.2, -0.15) is 0 Å². The summed E-state index contributed by atoms with van der Waals surface area (Å²) >= 11 is 3.73. The standard InChI is InChI=1S/C54H34N2S2/c1-3-13-35(14-4-1)36-23-26-39(27-24-36)55(40-28-29-44-42-18-8-11-21-51(42)58-54(44)32-40)49-34-50-46(41-17-7-10-20-48(41)56(50)38-15-5-2-6-16-38)33-45(49)37-25-30-53-47(31-37)43-19-9-12-22-52(43)57-53/h1-34H. The van der Waals surface area contributed by atoms with E-state index in [1.165, 1.54) is 84.4 Å². The number of rotatable bonds is 6. The lowest BCUT2D eigenvalue weighted by atomic mass is 9.97. The van der Waals surface area contributed by atoms with Crippen LogP contribution in [0.3, 0.4) is 0 Å². The second kappa shape index (κ2) is 13.3. The van der Waals surface area contributed by atoms with Crippen molar-refractivity contribution in [3.63, 3.8) is 0 Å². The number of fused-ring (bicyclic) bond motifs is 9. The summed E-state index contributed by atoms with van der Waals surface area (Å²) in [5, 5.41) is 7.66. The largest absolute Gasteiger partial charge is 0.310 e. The van der Waals surface area contributed by atoms with E-state index < -0.39 is 0 Å². The summed E-state index contributed by atoms with van der Waals surface area (Å²) in [7, 11) is 0. The van der Waals surface area contributed by atoms with Crippen molar-refractivity contribution in [3.8, 4) is 27.9 Å². The number of hydrogen-bond donors (Lipinski definition) is 0. The van der Waals surface area contributed by atoms with Gasteiger partial charge in [0.05, 0.1) is 16.7 Å². The molecule has 0 aliphatic rings. The van der Waals surface area contributed by atoms with Gasteiger partial charge < -0.3 is 9.47 Å². The normalized spacial score (nSPS) is 11.8. The Morgan fingerprint density at radius 2 is 0.897 bits per heavy atom. The molecule has 9 aromatic carbocycles. The molecule has 0 radical (unpaired) electrons. The number of hydrogen-bond acceptors (Lipinski definition) is 3. The van der Waals surface area contributed by atoms with Gasteiger partial charge in [0.15, 0.2) is 0 Å². The Hall–Kier alpha value is -6.98. The van der Waals surface area contributed by atoms with Crippen molar-refractivity contribution in [1.82, 2.24) is 4.57 Å². The van der Waals surface area contributed by atoms with Crippen LogP contribution in [0.2, 0.25) is 0 Å². The molecule has 3 heterocycles. The third-order valence-corrected chi connectivity index (χ3v) is 13.9. The summed E-state index contributed by atoms with van der Waals surface area (Å²) in [6.45, 7) is 0. The zero-order valence-electron chi connectivity index (χ0n) is 31.3. The predicted octanol–water partition coefficient (Wildman–Crippen LogP) is 16.3. The van der Waals surface area contributed by atoms with Gasteiger partial charge in [0.25, 0.3) is 0 Å². The number of thiophene rings is 2. The number of aromatic nitrogens is 1.